The lowest BCUT2D eigenvalue weighted by atomic mass is 10.0. The van der Waals surface area contributed by atoms with E-state index in [1.807, 2.05) is 24.3 Å². The van der Waals surface area contributed by atoms with Crippen LogP contribution in [-0.2, 0) is 6.54 Å². The van der Waals surface area contributed by atoms with Gasteiger partial charge in [0.1, 0.15) is 5.82 Å². The van der Waals surface area contributed by atoms with Crippen molar-refractivity contribution in [3.05, 3.63) is 69.4 Å². The van der Waals surface area contributed by atoms with Crippen LogP contribution in [0.5, 0.6) is 0 Å². The second-order valence-electron chi connectivity index (χ2n) is 5.64. The third-order valence-corrected chi connectivity index (χ3v) is 4.65. The number of likely N-dealkylation sites (tertiary alicyclic amines) is 1. The van der Waals surface area contributed by atoms with Crippen LogP contribution in [0.25, 0.3) is 0 Å². The molecule has 114 valence electrons. The van der Waals surface area contributed by atoms with E-state index >= 15 is 0 Å². The minimum absolute atomic E-state index is 0.154. The monoisotopic (exact) mass is 361 g/mol. The fourth-order valence-electron chi connectivity index (χ4n) is 2.76. The summed E-state index contributed by atoms with van der Waals surface area (Å²) in [5.74, 6) is -0.573. The molecule has 2 aromatic carbocycles. The van der Waals surface area contributed by atoms with Crippen LogP contribution in [0.1, 0.15) is 34.3 Å². The molecule has 1 aliphatic heterocycles. The Morgan fingerprint density at radius 3 is 2.32 bits per heavy atom. The molecular weight excluding hydrogens is 345 g/mol. The standard InChI is InChI=1S/C18H17BrFNO/c19-16-8-7-15(11-17(16)20)18(22)14-5-3-13(4-6-14)12-21-9-1-2-10-21/h3-8,11H,1-2,9-10,12H2. The van der Waals surface area contributed by atoms with Crippen LogP contribution in [-0.4, -0.2) is 23.8 Å². The molecule has 0 radical (unpaired) electrons. The van der Waals surface area contributed by atoms with Crippen molar-refractivity contribution >= 4 is 21.7 Å². The Morgan fingerprint density at radius 2 is 1.68 bits per heavy atom. The van der Waals surface area contributed by atoms with E-state index in [4.69, 9.17) is 0 Å². The number of hydrogen-bond donors (Lipinski definition) is 0. The maximum absolute atomic E-state index is 13.5. The summed E-state index contributed by atoms with van der Waals surface area (Å²) in [5.41, 5.74) is 2.17. The van der Waals surface area contributed by atoms with E-state index < -0.39 is 5.82 Å². The maximum Gasteiger partial charge on any atom is 0.193 e. The molecule has 0 saturated carbocycles. The van der Waals surface area contributed by atoms with E-state index in [-0.39, 0.29) is 5.78 Å². The average molecular weight is 362 g/mol. The van der Waals surface area contributed by atoms with Gasteiger partial charge < -0.3 is 0 Å². The quantitative estimate of drug-likeness (QED) is 0.751. The molecule has 1 aliphatic rings. The maximum atomic E-state index is 13.5. The van der Waals surface area contributed by atoms with Crippen molar-refractivity contribution in [1.82, 2.24) is 4.90 Å². The first kappa shape index (κ1) is 15.4. The summed E-state index contributed by atoms with van der Waals surface area (Å²) in [5, 5.41) is 0. The summed E-state index contributed by atoms with van der Waals surface area (Å²) in [7, 11) is 0. The molecule has 0 bridgehead atoms. The zero-order chi connectivity index (χ0) is 15.5. The van der Waals surface area contributed by atoms with Gasteiger partial charge in [0.2, 0.25) is 0 Å². The molecule has 0 aliphatic carbocycles. The summed E-state index contributed by atoms with van der Waals surface area (Å²) in [6, 6.07) is 12.1. The third kappa shape index (κ3) is 3.45. The summed E-state index contributed by atoms with van der Waals surface area (Å²) < 4.78 is 13.9. The molecule has 0 spiro atoms. The minimum Gasteiger partial charge on any atom is -0.299 e. The highest BCUT2D eigenvalue weighted by molar-refractivity contribution is 9.10. The van der Waals surface area contributed by atoms with Crippen molar-refractivity contribution in [2.45, 2.75) is 19.4 Å². The second-order valence-corrected chi connectivity index (χ2v) is 6.49. The van der Waals surface area contributed by atoms with Crippen LogP contribution in [0.15, 0.2) is 46.9 Å². The predicted octanol–water partition coefficient (Wildman–Crippen LogP) is 4.42. The molecule has 1 saturated heterocycles. The van der Waals surface area contributed by atoms with Crippen molar-refractivity contribution in [2.75, 3.05) is 13.1 Å². The fourth-order valence-corrected chi connectivity index (χ4v) is 3.01. The number of nitrogens with zero attached hydrogens (tertiary/aromatic N) is 1. The average Bonchev–Trinajstić information content (AvgIpc) is 3.03. The van der Waals surface area contributed by atoms with Crippen molar-refractivity contribution in [3.63, 3.8) is 0 Å². The minimum atomic E-state index is -0.420. The number of carbonyl (C=O) groups is 1. The van der Waals surface area contributed by atoms with Crippen LogP contribution in [0.2, 0.25) is 0 Å². The molecule has 1 heterocycles. The first-order valence-corrected chi connectivity index (χ1v) is 8.24. The van der Waals surface area contributed by atoms with Gasteiger partial charge in [0.05, 0.1) is 4.47 Å². The summed E-state index contributed by atoms with van der Waals surface area (Å²) in [6.07, 6.45) is 2.54. The van der Waals surface area contributed by atoms with Crippen molar-refractivity contribution in [3.8, 4) is 0 Å². The molecule has 2 aromatic rings. The molecule has 0 unspecified atom stereocenters. The number of benzene rings is 2. The fraction of sp³-hybridized carbons (Fsp3) is 0.278. The summed E-state index contributed by atoms with van der Waals surface area (Å²) in [6.45, 7) is 3.24. The predicted molar refractivity (Wildman–Crippen MR) is 88.5 cm³/mol. The van der Waals surface area contributed by atoms with E-state index in [1.54, 1.807) is 12.1 Å². The Balaban J connectivity index is 1.73. The van der Waals surface area contributed by atoms with Gasteiger partial charge in [-0.15, -0.1) is 0 Å². The van der Waals surface area contributed by atoms with Crippen LogP contribution >= 0.6 is 15.9 Å². The number of carbonyl (C=O) groups excluding carboxylic acids is 1. The molecule has 0 atom stereocenters. The summed E-state index contributed by atoms with van der Waals surface area (Å²) in [4.78, 5) is 14.8. The van der Waals surface area contributed by atoms with E-state index in [0.717, 1.165) is 19.6 Å². The SMILES string of the molecule is O=C(c1ccc(CN2CCCC2)cc1)c1ccc(Br)c(F)c1. The third-order valence-electron chi connectivity index (χ3n) is 4.00. The van der Waals surface area contributed by atoms with Gasteiger partial charge in [0.15, 0.2) is 5.78 Å². The molecule has 0 aromatic heterocycles. The van der Waals surface area contributed by atoms with Gasteiger partial charge >= 0.3 is 0 Å². The van der Waals surface area contributed by atoms with E-state index in [0.29, 0.717) is 15.6 Å². The molecular formula is C18H17BrFNO. The van der Waals surface area contributed by atoms with Gasteiger partial charge in [0.25, 0.3) is 0 Å². The smallest absolute Gasteiger partial charge is 0.193 e. The highest BCUT2D eigenvalue weighted by Crippen LogP contribution is 2.19. The van der Waals surface area contributed by atoms with Crippen LogP contribution in [0.3, 0.4) is 0 Å². The summed E-state index contributed by atoms with van der Waals surface area (Å²) >= 11 is 3.09. The van der Waals surface area contributed by atoms with E-state index in [2.05, 4.69) is 20.8 Å². The van der Waals surface area contributed by atoms with Crippen molar-refractivity contribution in [2.24, 2.45) is 0 Å². The highest BCUT2D eigenvalue weighted by atomic mass is 79.9. The molecule has 2 nitrogen and oxygen atoms in total. The largest absolute Gasteiger partial charge is 0.299 e. The van der Waals surface area contributed by atoms with Crippen LogP contribution in [0.4, 0.5) is 4.39 Å². The topological polar surface area (TPSA) is 20.3 Å². The first-order valence-electron chi connectivity index (χ1n) is 7.44. The second kappa shape index (κ2) is 6.71. The Bertz CT molecular complexity index is 678. The Labute approximate surface area is 138 Å². The Kier molecular flexibility index (Phi) is 4.69. The molecule has 3 rings (SSSR count). The Hall–Kier alpha value is -1.52. The van der Waals surface area contributed by atoms with Crippen molar-refractivity contribution < 1.29 is 9.18 Å². The Morgan fingerprint density at radius 1 is 1.05 bits per heavy atom. The molecule has 1 fully saturated rings. The van der Waals surface area contributed by atoms with Gasteiger partial charge in [-0.1, -0.05) is 24.3 Å². The van der Waals surface area contributed by atoms with Gasteiger partial charge in [-0.3, -0.25) is 9.69 Å². The van der Waals surface area contributed by atoms with Gasteiger partial charge in [-0.25, -0.2) is 4.39 Å². The molecule has 0 amide bonds. The van der Waals surface area contributed by atoms with E-state index in [1.165, 1.54) is 24.5 Å². The number of ketones is 1. The molecule has 22 heavy (non-hydrogen) atoms. The van der Waals surface area contributed by atoms with Crippen LogP contribution < -0.4 is 0 Å². The highest BCUT2D eigenvalue weighted by Gasteiger charge is 2.13. The lowest BCUT2D eigenvalue weighted by Gasteiger charge is -2.14. The zero-order valence-electron chi connectivity index (χ0n) is 12.2. The lowest BCUT2D eigenvalue weighted by molar-refractivity contribution is 0.103. The van der Waals surface area contributed by atoms with Gasteiger partial charge in [-0.2, -0.15) is 0 Å². The normalized spacial score (nSPS) is 15.2. The molecule has 0 N–H and O–H groups in total. The number of halogens is 2. The zero-order valence-corrected chi connectivity index (χ0v) is 13.8. The van der Waals surface area contributed by atoms with Crippen molar-refractivity contribution in [1.29, 1.82) is 0 Å². The van der Waals surface area contributed by atoms with Crippen LogP contribution in [0, 0.1) is 5.82 Å². The van der Waals surface area contributed by atoms with E-state index in [9.17, 15) is 9.18 Å². The number of rotatable bonds is 4. The number of hydrogen-bond acceptors (Lipinski definition) is 2. The van der Waals surface area contributed by atoms with Gasteiger partial charge in [-0.05, 0) is 65.6 Å². The molecule has 4 heteroatoms. The first-order chi connectivity index (χ1) is 10.6. The lowest BCUT2D eigenvalue weighted by Crippen LogP contribution is -2.18. The van der Waals surface area contributed by atoms with Gasteiger partial charge in [0, 0.05) is 17.7 Å².